The van der Waals surface area contributed by atoms with Gasteiger partial charge < -0.3 is 10.1 Å². The Kier molecular flexibility index (Phi) is 6.80. The minimum atomic E-state index is -0.174. The third-order valence-electron chi connectivity index (χ3n) is 4.00. The molecule has 138 valence electrons. The van der Waals surface area contributed by atoms with Crippen molar-refractivity contribution in [2.75, 3.05) is 17.7 Å². The van der Waals surface area contributed by atoms with Crippen LogP contribution in [0.3, 0.4) is 0 Å². The fourth-order valence-electron chi connectivity index (χ4n) is 2.48. The van der Waals surface area contributed by atoms with Gasteiger partial charge in [-0.1, -0.05) is 35.9 Å². The van der Waals surface area contributed by atoms with E-state index in [1.54, 1.807) is 30.0 Å². The van der Waals surface area contributed by atoms with Crippen LogP contribution in [0.25, 0.3) is 0 Å². The van der Waals surface area contributed by atoms with Crippen LogP contribution in [-0.2, 0) is 0 Å². The Morgan fingerprint density at radius 3 is 2.48 bits per heavy atom. The summed E-state index contributed by atoms with van der Waals surface area (Å²) in [5.74, 6) is 1.44. The Morgan fingerprint density at radius 2 is 1.74 bits per heavy atom. The van der Waals surface area contributed by atoms with Gasteiger partial charge in [0.2, 0.25) is 0 Å². The summed E-state index contributed by atoms with van der Waals surface area (Å²) in [7, 11) is 0. The van der Waals surface area contributed by atoms with Crippen molar-refractivity contribution in [3.8, 4) is 5.75 Å². The molecule has 3 aromatic carbocycles. The number of nitrogens with one attached hydrogen (secondary N) is 1. The number of amides is 1. The molecule has 5 heteroatoms. The Labute approximate surface area is 168 Å². The molecule has 3 aromatic rings. The van der Waals surface area contributed by atoms with Crippen molar-refractivity contribution in [3.05, 3.63) is 88.9 Å². The lowest BCUT2D eigenvalue weighted by Crippen LogP contribution is -2.12. The average molecular weight is 398 g/mol. The molecule has 0 aliphatic heterocycles. The molecule has 0 aliphatic carbocycles. The number of thioether (sulfide) groups is 1. The first-order valence-electron chi connectivity index (χ1n) is 8.60. The second-order valence-electron chi connectivity index (χ2n) is 5.90. The zero-order valence-electron chi connectivity index (χ0n) is 14.9. The number of carbonyl (C=O) groups is 1. The van der Waals surface area contributed by atoms with Crippen LogP contribution in [-0.4, -0.2) is 18.3 Å². The third kappa shape index (κ3) is 5.52. The van der Waals surface area contributed by atoms with E-state index in [0.29, 0.717) is 22.9 Å². The molecule has 0 aromatic heterocycles. The number of halogens is 1. The molecule has 0 radical (unpaired) electrons. The van der Waals surface area contributed by atoms with Gasteiger partial charge >= 0.3 is 0 Å². The maximum Gasteiger partial charge on any atom is 0.255 e. The molecule has 0 aliphatic rings. The molecule has 0 saturated carbocycles. The Morgan fingerprint density at radius 1 is 1.00 bits per heavy atom. The molecule has 0 atom stereocenters. The van der Waals surface area contributed by atoms with Gasteiger partial charge in [0.05, 0.1) is 6.61 Å². The minimum Gasteiger partial charge on any atom is -0.493 e. The lowest BCUT2D eigenvalue weighted by Gasteiger charge is -2.10. The van der Waals surface area contributed by atoms with E-state index in [2.05, 4.69) is 17.4 Å². The van der Waals surface area contributed by atoms with E-state index in [4.69, 9.17) is 16.3 Å². The molecular formula is C22H20ClNO2S. The highest BCUT2D eigenvalue weighted by molar-refractivity contribution is 7.99. The van der Waals surface area contributed by atoms with Crippen LogP contribution < -0.4 is 10.1 Å². The van der Waals surface area contributed by atoms with Gasteiger partial charge in [-0.2, -0.15) is 0 Å². The van der Waals surface area contributed by atoms with Crippen LogP contribution in [0.5, 0.6) is 5.75 Å². The van der Waals surface area contributed by atoms with E-state index in [1.807, 2.05) is 49.4 Å². The minimum absolute atomic E-state index is 0.174. The number of rotatable bonds is 7. The molecule has 3 rings (SSSR count). The van der Waals surface area contributed by atoms with Crippen LogP contribution in [0.4, 0.5) is 5.69 Å². The van der Waals surface area contributed by atoms with E-state index < -0.39 is 0 Å². The van der Waals surface area contributed by atoms with Crippen molar-refractivity contribution in [1.29, 1.82) is 0 Å². The molecule has 0 fully saturated rings. The fourth-order valence-corrected chi connectivity index (χ4v) is 3.40. The van der Waals surface area contributed by atoms with Crippen molar-refractivity contribution < 1.29 is 9.53 Å². The fraction of sp³-hybridized carbons (Fsp3) is 0.136. The Balaban J connectivity index is 1.50. The lowest BCUT2D eigenvalue weighted by atomic mass is 10.1. The Bertz CT molecular complexity index is 898. The topological polar surface area (TPSA) is 38.3 Å². The van der Waals surface area contributed by atoms with E-state index in [-0.39, 0.29) is 5.91 Å². The van der Waals surface area contributed by atoms with Gasteiger partial charge in [0.1, 0.15) is 5.75 Å². The highest BCUT2D eigenvalue weighted by Gasteiger charge is 2.09. The summed E-state index contributed by atoms with van der Waals surface area (Å²) in [6, 6.07) is 22.8. The summed E-state index contributed by atoms with van der Waals surface area (Å²) in [5, 5.41) is 3.52. The predicted molar refractivity (Wildman–Crippen MR) is 113 cm³/mol. The summed E-state index contributed by atoms with van der Waals surface area (Å²) < 4.78 is 5.75. The van der Waals surface area contributed by atoms with Crippen LogP contribution in [0.15, 0.2) is 77.7 Å². The molecule has 27 heavy (non-hydrogen) atoms. The van der Waals surface area contributed by atoms with Crippen LogP contribution in [0.1, 0.15) is 15.9 Å². The normalized spacial score (nSPS) is 10.4. The first-order valence-corrected chi connectivity index (χ1v) is 9.97. The smallest absolute Gasteiger partial charge is 0.255 e. The molecule has 0 bridgehead atoms. The molecule has 1 N–H and O–H groups in total. The molecule has 1 amide bonds. The van der Waals surface area contributed by atoms with Gasteiger partial charge in [-0.15, -0.1) is 11.8 Å². The van der Waals surface area contributed by atoms with E-state index in [0.717, 1.165) is 17.1 Å². The number of ether oxygens (including phenoxy) is 1. The van der Waals surface area contributed by atoms with E-state index >= 15 is 0 Å². The second-order valence-corrected chi connectivity index (χ2v) is 7.48. The largest absolute Gasteiger partial charge is 0.493 e. The van der Waals surface area contributed by atoms with Crippen molar-refractivity contribution in [1.82, 2.24) is 0 Å². The maximum absolute atomic E-state index is 12.4. The molecular weight excluding hydrogens is 378 g/mol. The molecule has 0 heterocycles. The third-order valence-corrected chi connectivity index (χ3v) is 5.38. The van der Waals surface area contributed by atoms with Gasteiger partial charge in [-0.25, -0.2) is 0 Å². The number of anilines is 1. The summed E-state index contributed by atoms with van der Waals surface area (Å²) >= 11 is 7.85. The first-order chi connectivity index (χ1) is 13.1. The maximum atomic E-state index is 12.4. The zero-order valence-corrected chi connectivity index (χ0v) is 16.5. The van der Waals surface area contributed by atoms with Gasteiger partial charge in [0, 0.05) is 26.9 Å². The number of hydrogen-bond donors (Lipinski definition) is 1. The van der Waals surface area contributed by atoms with Crippen LogP contribution in [0, 0.1) is 6.92 Å². The summed E-state index contributed by atoms with van der Waals surface area (Å²) in [6.45, 7) is 2.48. The summed E-state index contributed by atoms with van der Waals surface area (Å²) in [4.78, 5) is 13.6. The second kappa shape index (κ2) is 9.49. The average Bonchev–Trinajstić information content (AvgIpc) is 2.70. The Hall–Kier alpha value is -2.43. The van der Waals surface area contributed by atoms with Crippen LogP contribution in [0.2, 0.25) is 5.02 Å². The van der Waals surface area contributed by atoms with E-state index in [9.17, 15) is 4.79 Å². The quantitative estimate of drug-likeness (QED) is 0.388. The number of carbonyl (C=O) groups excluding carboxylic acids is 1. The van der Waals surface area contributed by atoms with Crippen molar-refractivity contribution in [2.45, 2.75) is 11.8 Å². The standard InChI is InChI=1S/C22H20ClNO2S/c1-16-20(23)8-5-9-21(16)24-22(25)17-10-12-18(13-11-17)26-14-15-27-19-6-3-2-4-7-19/h2-13H,14-15H2,1H3,(H,24,25). The van der Waals surface area contributed by atoms with Crippen molar-refractivity contribution in [2.24, 2.45) is 0 Å². The van der Waals surface area contributed by atoms with Gasteiger partial charge in [0.15, 0.2) is 0 Å². The number of hydrogen-bond acceptors (Lipinski definition) is 3. The monoisotopic (exact) mass is 397 g/mol. The zero-order chi connectivity index (χ0) is 19.1. The summed E-state index contributed by atoms with van der Waals surface area (Å²) in [5.41, 5.74) is 2.13. The summed E-state index contributed by atoms with van der Waals surface area (Å²) in [6.07, 6.45) is 0. The SMILES string of the molecule is Cc1c(Cl)cccc1NC(=O)c1ccc(OCCSc2ccccc2)cc1. The molecule has 0 spiro atoms. The van der Waals surface area contributed by atoms with E-state index in [1.165, 1.54) is 4.90 Å². The van der Waals surface area contributed by atoms with Gasteiger partial charge in [-0.05, 0) is 61.0 Å². The van der Waals surface area contributed by atoms with Gasteiger partial charge in [0.25, 0.3) is 5.91 Å². The first kappa shape index (κ1) is 19.3. The van der Waals surface area contributed by atoms with Crippen LogP contribution >= 0.6 is 23.4 Å². The molecule has 0 saturated heterocycles. The van der Waals surface area contributed by atoms with Crippen molar-refractivity contribution in [3.63, 3.8) is 0 Å². The molecule has 3 nitrogen and oxygen atoms in total. The highest BCUT2D eigenvalue weighted by Crippen LogP contribution is 2.24. The van der Waals surface area contributed by atoms with Gasteiger partial charge in [-0.3, -0.25) is 4.79 Å². The van der Waals surface area contributed by atoms with Crippen molar-refractivity contribution >= 4 is 35.0 Å². The lowest BCUT2D eigenvalue weighted by molar-refractivity contribution is 0.102. The molecule has 0 unspecified atom stereocenters. The number of benzene rings is 3. The highest BCUT2D eigenvalue weighted by atomic mass is 35.5. The predicted octanol–water partition coefficient (Wildman–Crippen LogP) is 6.07.